The zero-order valence-corrected chi connectivity index (χ0v) is 12.7. The second kappa shape index (κ2) is 6.48. The molecule has 0 amide bonds. The number of anilines is 2. The van der Waals surface area contributed by atoms with Gasteiger partial charge in [-0.2, -0.15) is 10.2 Å². The number of nitrogens with zero attached hydrogens (tertiary/aromatic N) is 4. The van der Waals surface area contributed by atoms with Crippen molar-refractivity contribution in [1.29, 1.82) is 5.26 Å². The molecular formula is C16H16FN5O. The predicted molar refractivity (Wildman–Crippen MR) is 83.9 cm³/mol. The fourth-order valence-corrected chi connectivity index (χ4v) is 2.61. The first-order valence-corrected chi connectivity index (χ1v) is 7.28. The van der Waals surface area contributed by atoms with Crippen LogP contribution in [0.25, 0.3) is 0 Å². The third-order valence-corrected chi connectivity index (χ3v) is 3.80. The average Bonchev–Trinajstić information content (AvgIpc) is 3.03. The highest BCUT2D eigenvalue weighted by Gasteiger charge is 2.24. The van der Waals surface area contributed by atoms with E-state index in [1.54, 1.807) is 25.4 Å². The van der Waals surface area contributed by atoms with Gasteiger partial charge in [-0.1, -0.05) is 0 Å². The van der Waals surface area contributed by atoms with E-state index < -0.39 is 5.82 Å². The summed E-state index contributed by atoms with van der Waals surface area (Å²) < 4.78 is 18.8. The van der Waals surface area contributed by atoms with Gasteiger partial charge in [-0.15, -0.1) is 0 Å². The van der Waals surface area contributed by atoms with E-state index in [1.807, 2.05) is 6.07 Å². The minimum Gasteiger partial charge on any atom is -0.481 e. The molecule has 6 nitrogen and oxygen atoms in total. The van der Waals surface area contributed by atoms with Crippen LogP contribution < -0.4 is 15.0 Å². The molecule has 0 bridgehead atoms. The summed E-state index contributed by atoms with van der Waals surface area (Å²) >= 11 is 0. The molecule has 1 fully saturated rings. The van der Waals surface area contributed by atoms with Gasteiger partial charge in [0.05, 0.1) is 12.7 Å². The summed E-state index contributed by atoms with van der Waals surface area (Å²) in [5.74, 6) is 0.534. The monoisotopic (exact) mass is 313 g/mol. The Kier molecular flexibility index (Phi) is 4.24. The normalized spacial score (nSPS) is 16.9. The van der Waals surface area contributed by atoms with E-state index >= 15 is 0 Å². The van der Waals surface area contributed by atoms with Gasteiger partial charge in [-0.3, -0.25) is 0 Å². The van der Waals surface area contributed by atoms with Gasteiger partial charge in [0.25, 0.3) is 0 Å². The Hall–Kier alpha value is -2.88. The summed E-state index contributed by atoms with van der Waals surface area (Å²) in [6.07, 6.45) is 2.53. The van der Waals surface area contributed by atoms with E-state index in [1.165, 1.54) is 12.1 Å². The lowest BCUT2D eigenvalue weighted by Crippen LogP contribution is -2.26. The van der Waals surface area contributed by atoms with Crippen molar-refractivity contribution in [1.82, 2.24) is 9.97 Å². The maximum atomic E-state index is 13.7. The highest BCUT2D eigenvalue weighted by Crippen LogP contribution is 2.24. The molecular weight excluding hydrogens is 297 g/mol. The van der Waals surface area contributed by atoms with Crippen molar-refractivity contribution in [2.75, 3.05) is 30.4 Å². The first kappa shape index (κ1) is 15.0. The van der Waals surface area contributed by atoms with Crippen molar-refractivity contribution >= 4 is 11.6 Å². The van der Waals surface area contributed by atoms with Crippen molar-refractivity contribution in [3.63, 3.8) is 0 Å². The number of ether oxygens (including phenoxy) is 1. The molecule has 2 aromatic rings. The summed E-state index contributed by atoms with van der Waals surface area (Å²) in [6.45, 7) is 1.51. The van der Waals surface area contributed by atoms with Gasteiger partial charge >= 0.3 is 0 Å². The number of methoxy groups -OCH3 is 1. The minimum atomic E-state index is -0.488. The number of nitrogens with one attached hydrogen (secondary N) is 1. The lowest BCUT2D eigenvalue weighted by molar-refractivity contribution is 0.397. The van der Waals surface area contributed by atoms with Gasteiger partial charge in [0.15, 0.2) is 0 Å². The fourth-order valence-electron chi connectivity index (χ4n) is 2.61. The quantitative estimate of drug-likeness (QED) is 0.932. The first-order chi connectivity index (χ1) is 11.2. The van der Waals surface area contributed by atoms with Crippen molar-refractivity contribution in [3.05, 3.63) is 41.8 Å². The van der Waals surface area contributed by atoms with E-state index in [2.05, 4.69) is 20.2 Å². The highest BCUT2D eigenvalue weighted by atomic mass is 19.1. The van der Waals surface area contributed by atoms with E-state index in [0.717, 1.165) is 18.7 Å². The minimum absolute atomic E-state index is 0.0624. The molecule has 7 heteroatoms. The molecule has 1 aromatic heterocycles. The molecule has 1 aliphatic rings. The van der Waals surface area contributed by atoms with E-state index in [4.69, 9.17) is 10.00 Å². The van der Waals surface area contributed by atoms with E-state index in [9.17, 15) is 4.39 Å². The zero-order valence-electron chi connectivity index (χ0n) is 12.7. The summed E-state index contributed by atoms with van der Waals surface area (Å²) in [4.78, 5) is 10.5. The summed E-state index contributed by atoms with van der Waals surface area (Å²) in [7, 11) is 1.56. The van der Waals surface area contributed by atoms with Crippen LogP contribution in [-0.4, -0.2) is 36.2 Å². The van der Waals surface area contributed by atoms with Gasteiger partial charge in [0, 0.05) is 37.1 Å². The number of halogens is 1. The van der Waals surface area contributed by atoms with Crippen LogP contribution in [0.1, 0.15) is 12.0 Å². The van der Waals surface area contributed by atoms with Gasteiger partial charge in [-0.05, 0) is 24.6 Å². The molecule has 0 saturated carbocycles. The van der Waals surface area contributed by atoms with Gasteiger partial charge in [0.2, 0.25) is 11.8 Å². The van der Waals surface area contributed by atoms with Crippen molar-refractivity contribution in [2.24, 2.45) is 0 Å². The second-order valence-electron chi connectivity index (χ2n) is 5.27. The topological polar surface area (TPSA) is 74.1 Å². The van der Waals surface area contributed by atoms with E-state index in [-0.39, 0.29) is 11.6 Å². The largest absolute Gasteiger partial charge is 0.481 e. The molecule has 0 radical (unpaired) electrons. The Morgan fingerprint density at radius 2 is 2.30 bits per heavy atom. The summed E-state index contributed by atoms with van der Waals surface area (Å²) in [5.41, 5.74) is 0.838. The van der Waals surface area contributed by atoms with Crippen LogP contribution in [-0.2, 0) is 0 Å². The lowest BCUT2D eigenvalue weighted by Gasteiger charge is -2.19. The molecule has 1 unspecified atom stereocenters. The number of rotatable bonds is 4. The Morgan fingerprint density at radius 3 is 3.04 bits per heavy atom. The van der Waals surface area contributed by atoms with Crippen LogP contribution in [0.4, 0.5) is 16.0 Å². The number of hydrogen-bond donors (Lipinski definition) is 1. The van der Waals surface area contributed by atoms with Crippen LogP contribution in [0.15, 0.2) is 30.5 Å². The average molecular weight is 313 g/mol. The molecule has 1 saturated heterocycles. The molecule has 1 aromatic carbocycles. The number of hydrogen-bond acceptors (Lipinski definition) is 6. The first-order valence-electron chi connectivity index (χ1n) is 7.28. The van der Waals surface area contributed by atoms with Crippen LogP contribution in [0.5, 0.6) is 5.88 Å². The van der Waals surface area contributed by atoms with Gasteiger partial charge in [-0.25, -0.2) is 9.37 Å². The number of nitriles is 1. The summed E-state index contributed by atoms with van der Waals surface area (Å²) in [5, 5.41) is 12.0. The maximum Gasteiger partial charge on any atom is 0.226 e. The van der Waals surface area contributed by atoms with Gasteiger partial charge in [0.1, 0.15) is 11.9 Å². The van der Waals surface area contributed by atoms with Crippen molar-refractivity contribution in [2.45, 2.75) is 12.5 Å². The Labute approximate surface area is 133 Å². The lowest BCUT2D eigenvalue weighted by atomic mass is 10.2. The van der Waals surface area contributed by atoms with Crippen LogP contribution in [0, 0.1) is 17.1 Å². The molecule has 2 heterocycles. The third kappa shape index (κ3) is 3.31. The van der Waals surface area contributed by atoms with Crippen molar-refractivity contribution < 1.29 is 9.13 Å². The van der Waals surface area contributed by atoms with Gasteiger partial charge < -0.3 is 15.0 Å². The molecule has 3 rings (SSSR count). The SMILES string of the molecule is COc1ccnc(NC2CCN(c3ccc(C#N)c(F)c3)C2)n1. The standard InChI is InChI=1S/C16H16FN5O/c1-23-15-4-6-19-16(21-15)20-12-5-7-22(10-12)13-3-2-11(9-18)14(17)8-13/h2-4,6,8,12H,5,7,10H2,1H3,(H,19,20,21). The van der Waals surface area contributed by atoms with Crippen LogP contribution in [0.3, 0.4) is 0 Å². The number of benzene rings is 1. The summed E-state index contributed by atoms with van der Waals surface area (Å²) in [6, 6.07) is 8.37. The molecule has 118 valence electrons. The Morgan fingerprint density at radius 1 is 1.43 bits per heavy atom. The van der Waals surface area contributed by atoms with Crippen LogP contribution in [0.2, 0.25) is 0 Å². The Balaban J connectivity index is 1.66. The maximum absolute atomic E-state index is 13.7. The molecule has 1 atom stereocenters. The predicted octanol–water partition coefficient (Wildman–Crippen LogP) is 2.19. The van der Waals surface area contributed by atoms with E-state index in [0.29, 0.717) is 18.4 Å². The molecule has 0 aliphatic carbocycles. The van der Waals surface area contributed by atoms with Crippen LogP contribution >= 0.6 is 0 Å². The molecule has 1 aliphatic heterocycles. The number of aromatic nitrogens is 2. The third-order valence-electron chi connectivity index (χ3n) is 3.80. The molecule has 23 heavy (non-hydrogen) atoms. The van der Waals surface area contributed by atoms with Crippen molar-refractivity contribution in [3.8, 4) is 11.9 Å². The smallest absolute Gasteiger partial charge is 0.226 e. The zero-order chi connectivity index (χ0) is 16.2. The highest BCUT2D eigenvalue weighted by molar-refractivity contribution is 5.52. The molecule has 1 N–H and O–H groups in total. The molecule has 0 spiro atoms. The Bertz CT molecular complexity index is 745. The fraction of sp³-hybridized carbons (Fsp3) is 0.312. The second-order valence-corrected chi connectivity index (χ2v) is 5.27.